The quantitative estimate of drug-likeness (QED) is 0.838. The summed E-state index contributed by atoms with van der Waals surface area (Å²) < 4.78 is 10.7. The molecule has 2 N–H and O–H groups in total. The number of anilines is 2. The molecule has 1 fully saturated rings. The van der Waals surface area contributed by atoms with Crippen molar-refractivity contribution in [2.75, 3.05) is 43.2 Å². The number of ether oxygens (including phenoxy) is 2. The first-order valence-electron chi connectivity index (χ1n) is 9.16. The Morgan fingerprint density at radius 1 is 1.15 bits per heavy atom. The smallest absolute Gasteiger partial charge is 0.282 e. The van der Waals surface area contributed by atoms with Gasteiger partial charge in [0.2, 0.25) is 6.79 Å². The topological polar surface area (TPSA) is 55.2 Å². The molecule has 4 rings (SSSR count). The second-order valence-electron chi connectivity index (χ2n) is 6.90. The zero-order valence-corrected chi connectivity index (χ0v) is 16.0. The van der Waals surface area contributed by atoms with Crippen LogP contribution >= 0.6 is 11.6 Å². The monoisotopic (exact) mass is 388 g/mol. The maximum atomic E-state index is 12.7. The summed E-state index contributed by atoms with van der Waals surface area (Å²) in [5.41, 5.74) is 1.87. The molecule has 27 heavy (non-hydrogen) atoms. The van der Waals surface area contributed by atoms with E-state index in [1.165, 1.54) is 4.90 Å². The van der Waals surface area contributed by atoms with Crippen molar-refractivity contribution in [3.63, 3.8) is 0 Å². The van der Waals surface area contributed by atoms with Crippen LogP contribution < -0.4 is 24.6 Å². The first kappa shape index (κ1) is 17.9. The Morgan fingerprint density at radius 3 is 2.70 bits per heavy atom. The van der Waals surface area contributed by atoms with Crippen molar-refractivity contribution in [3.05, 3.63) is 47.5 Å². The number of quaternary nitrogens is 1. The first-order chi connectivity index (χ1) is 13.1. The van der Waals surface area contributed by atoms with E-state index >= 15 is 0 Å². The highest BCUT2D eigenvalue weighted by atomic mass is 35.5. The van der Waals surface area contributed by atoms with Crippen LogP contribution in [0.3, 0.4) is 0 Å². The maximum absolute atomic E-state index is 12.7. The van der Waals surface area contributed by atoms with Crippen LogP contribution in [-0.2, 0) is 4.79 Å². The molecule has 7 heteroatoms. The zero-order valence-electron chi connectivity index (χ0n) is 15.2. The van der Waals surface area contributed by atoms with E-state index in [1.54, 1.807) is 6.07 Å². The van der Waals surface area contributed by atoms with Gasteiger partial charge in [0.05, 0.1) is 26.2 Å². The normalized spacial score (nSPS) is 17.6. The lowest BCUT2D eigenvalue weighted by molar-refractivity contribution is -0.914. The molecule has 2 aliphatic heterocycles. The van der Waals surface area contributed by atoms with Gasteiger partial charge in [-0.2, -0.15) is 0 Å². The highest BCUT2D eigenvalue weighted by Crippen LogP contribution is 2.34. The Kier molecular flexibility index (Phi) is 5.09. The lowest BCUT2D eigenvalue weighted by atomic mass is 10.2. The summed E-state index contributed by atoms with van der Waals surface area (Å²) in [6, 6.07) is 13.3. The van der Waals surface area contributed by atoms with Crippen LogP contribution in [0, 0.1) is 0 Å². The van der Waals surface area contributed by atoms with Gasteiger partial charge in [0.1, 0.15) is 0 Å². The molecule has 1 saturated heterocycles. The van der Waals surface area contributed by atoms with Gasteiger partial charge < -0.3 is 24.6 Å². The van der Waals surface area contributed by atoms with Crippen molar-refractivity contribution in [1.82, 2.24) is 0 Å². The van der Waals surface area contributed by atoms with Crippen molar-refractivity contribution < 1.29 is 19.2 Å². The van der Waals surface area contributed by atoms with Crippen LogP contribution in [0.4, 0.5) is 11.4 Å². The van der Waals surface area contributed by atoms with Crippen LogP contribution in [-0.4, -0.2) is 44.9 Å². The minimum atomic E-state index is -0.128. The molecule has 2 aliphatic rings. The van der Waals surface area contributed by atoms with Crippen LogP contribution in [0.1, 0.15) is 6.92 Å². The van der Waals surface area contributed by atoms with Gasteiger partial charge in [-0.25, -0.2) is 0 Å². The van der Waals surface area contributed by atoms with Crippen molar-refractivity contribution in [2.24, 2.45) is 0 Å². The van der Waals surface area contributed by atoms with E-state index in [9.17, 15) is 4.79 Å². The molecular weight excluding hydrogens is 366 g/mol. The fourth-order valence-electron chi connectivity index (χ4n) is 3.57. The number of fused-ring (bicyclic) bond motifs is 1. The van der Waals surface area contributed by atoms with Crippen LogP contribution in [0.25, 0.3) is 0 Å². The average Bonchev–Trinajstić information content (AvgIpc) is 3.15. The van der Waals surface area contributed by atoms with Gasteiger partial charge in [-0.05, 0) is 37.3 Å². The molecule has 0 aliphatic carbocycles. The van der Waals surface area contributed by atoms with Gasteiger partial charge >= 0.3 is 0 Å². The van der Waals surface area contributed by atoms with E-state index in [2.05, 4.69) is 16.3 Å². The van der Waals surface area contributed by atoms with Crippen molar-refractivity contribution in [2.45, 2.75) is 13.0 Å². The number of amides is 1. The van der Waals surface area contributed by atoms with Gasteiger partial charge in [0.15, 0.2) is 17.5 Å². The molecule has 0 spiro atoms. The first-order valence-corrected chi connectivity index (χ1v) is 9.53. The molecule has 0 aromatic heterocycles. The van der Waals surface area contributed by atoms with Crippen LogP contribution in [0.5, 0.6) is 11.5 Å². The molecular formula is C20H23ClN3O3+. The minimum Gasteiger partial charge on any atom is -0.454 e. The number of nitrogens with one attached hydrogen (secondary N) is 2. The van der Waals surface area contributed by atoms with Gasteiger partial charge in [-0.1, -0.05) is 17.7 Å². The third-order valence-electron chi connectivity index (χ3n) is 5.22. The molecule has 0 saturated carbocycles. The second-order valence-corrected chi connectivity index (χ2v) is 7.34. The van der Waals surface area contributed by atoms with E-state index in [-0.39, 0.29) is 18.7 Å². The number of halogens is 1. The standard InChI is InChI=1S/C20H22ClN3O3/c1-14(20(25)22-16-5-6-18-19(12-16)27-13-26-18)23-7-9-24(10-8-23)17-4-2-3-15(21)11-17/h2-6,11-12,14H,7-10,13H2,1H3,(H,22,25)/p+1/t14-/m0/s1. The summed E-state index contributed by atoms with van der Waals surface area (Å²) in [5, 5.41) is 3.74. The molecule has 142 valence electrons. The van der Waals surface area contributed by atoms with Gasteiger partial charge in [0, 0.05) is 22.5 Å². The zero-order chi connectivity index (χ0) is 18.8. The van der Waals surface area contributed by atoms with Crippen molar-refractivity contribution >= 4 is 28.9 Å². The number of hydrogen-bond acceptors (Lipinski definition) is 4. The maximum Gasteiger partial charge on any atom is 0.282 e. The number of piperazine rings is 1. The Hall–Kier alpha value is -2.44. The lowest BCUT2D eigenvalue weighted by Gasteiger charge is -2.36. The molecule has 1 atom stereocenters. The predicted molar refractivity (Wildman–Crippen MR) is 105 cm³/mol. The third kappa shape index (κ3) is 3.96. The lowest BCUT2D eigenvalue weighted by Crippen LogP contribution is -3.19. The van der Waals surface area contributed by atoms with E-state index in [4.69, 9.17) is 21.1 Å². The van der Waals surface area contributed by atoms with E-state index < -0.39 is 0 Å². The fraction of sp³-hybridized carbons (Fsp3) is 0.350. The SMILES string of the molecule is C[C@@H](C(=O)Nc1ccc2c(c1)OCO2)[NH+]1CCN(c2cccc(Cl)c2)CC1. The summed E-state index contributed by atoms with van der Waals surface area (Å²) in [6.45, 7) is 5.82. The average molecular weight is 389 g/mol. The Balaban J connectivity index is 1.33. The number of hydrogen-bond donors (Lipinski definition) is 2. The van der Waals surface area contributed by atoms with Gasteiger partial charge in [0.25, 0.3) is 5.91 Å². The van der Waals surface area contributed by atoms with E-state index in [1.807, 2.05) is 37.3 Å². The minimum absolute atomic E-state index is 0.0140. The Morgan fingerprint density at radius 2 is 1.93 bits per heavy atom. The molecule has 2 aromatic rings. The summed E-state index contributed by atoms with van der Waals surface area (Å²) in [7, 11) is 0. The Bertz CT molecular complexity index is 837. The van der Waals surface area contributed by atoms with E-state index in [0.717, 1.165) is 42.6 Å². The summed E-state index contributed by atoms with van der Waals surface area (Å²) in [4.78, 5) is 16.3. The number of carbonyl (C=O) groups excluding carboxylic acids is 1. The molecule has 6 nitrogen and oxygen atoms in total. The highest BCUT2D eigenvalue weighted by Gasteiger charge is 2.29. The molecule has 2 heterocycles. The highest BCUT2D eigenvalue weighted by molar-refractivity contribution is 6.30. The van der Waals surface area contributed by atoms with Gasteiger partial charge in [-0.15, -0.1) is 0 Å². The Labute approximate surface area is 163 Å². The second kappa shape index (κ2) is 7.66. The summed E-state index contributed by atoms with van der Waals surface area (Å²) >= 11 is 6.10. The molecule has 1 amide bonds. The van der Waals surface area contributed by atoms with E-state index in [0.29, 0.717) is 11.5 Å². The summed E-state index contributed by atoms with van der Waals surface area (Å²) in [5.74, 6) is 1.40. The number of rotatable bonds is 4. The molecule has 0 unspecified atom stereocenters. The summed E-state index contributed by atoms with van der Waals surface area (Å²) in [6.07, 6.45) is 0. The van der Waals surface area contributed by atoms with Crippen LogP contribution in [0.15, 0.2) is 42.5 Å². The number of benzene rings is 2. The predicted octanol–water partition coefficient (Wildman–Crippen LogP) is 1.80. The van der Waals surface area contributed by atoms with Crippen molar-refractivity contribution in [3.8, 4) is 11.5 Å². The molecule has 0 radical (unpaired) electrons. The molecule has 0 bridgehead atoms. The number of nitrogens with zero attached hydrogens (tertiary/aromatic N) is 1. The van der Waals surface area contributed by atoms with Gasteiger partial charge in [-0.3, -0.25) is 4.79 Å². The third-order valence-corrected chi connectivity index (χ3v) is 5.46. The fourth-order valence-corrected chi connectivity index (χ4v) is 3.75. The number of carbonyl (C=O) groups is 1. The van der Waals surface area contributed by atoms with Crippen molar-refractivity contribution in [1.29, 1.82) is 0 Å². The largest absolute Gasteiger partial charge is 0.454 e. The molecule has 2 aromatic carbocycles. The van der Waals surface area contributed by atoms with Crippen LogP contribution in [0.2, 0.25) is 5.02 Å².